The molecule has 2 aromatic rings. The van der Waals surface area contributed by atoms with Crippen molar-refractivity contribution in [3.63, 3.8) is 0 Å². The van der Waals surface area contributed by atoms with E-state index in [0.717, 1.165) is 19.6 Å². The summed E-state index contributed by atoms with van der Waals surface area (Å²) in [6.45, 7) is 9.77. The van der Waals surface area contributed by atoms with E-state index < -0.39 is 0 Å². The summed E-state index contributed by atoms with van der Waals surface area (Å²) in [5, 5.41) is 3.64. The number of imidazole rings is 1. The Morgan fingerprint density at radius 1 is 1.20 bits per heavy atom. The molecule has 2 rings (SSSR count). The molecule has 0 saturated carbocycles. The molecule has 0 fully saturated rings. The van der Waals surface area contributed by atoms with Crippen LogP contribution in [-0.4, -0.2) is 20.7 Å². The van der Waals surface area contributed by atoms with Crippen LogP contribution in [0.15, 0.2) is 37.2 Å². The summed E-state index contributed by atoms with van der Waals surface area (Å²) in [5.41, 5.74) is 1.39. The summed E-state index contributed by atoms with van der Waals surface area (Å²) in [5.74, 6) is 0.603. The number of nitrogens with one attached hydrogen (secondary N) is 1. The van der Waals surface area contributed by atoms with Crippen LogP contribution in [0.3, 0.4) is 0 Å². The van der Waals surface area contributed by atoms with E-state index in [0.29, 0.717) is 12.0 Å². The standard InChI is InChI=1S/C16H26N4/c1-4-6-18-16(14(2)3)15-5-8-19(12-15)10-11-20-9-7-17-13-20/h5,7-9,12-14,16,18H,4,6,10-11H2,1-3H3. The van der Waals surface area contributed by atoms with Crippen molar-refractivity contribution in [1.29, 1.82) is 0 Å². The lowest BCUT2D eigenvalue weighted by atomic mass is 9.98. The lowest BCUT2D eigenvalue weighted by Gasteiger charge is -2.21. The molecule has 0 aromatic carbocycles. The van der Waals surface area contributed by atoms with Crippen molar-refractivity contribution < 1.29 is 0 Å². The highest BCUT2D eigenvalue weighted by Gasteiger charge is 2.15. The van der Waals surface area contributed by atoms with Crippen LogP contribution in [-0.2, 0) is 13.1 Å². The molecule has 0 saturated heterocycles. The van der Waals surface area contributed by atoms with Gasteiger partial charge in [-0.3, -0.25) is 0 Å². The first-order valence-electron chi connectivity index (χ1n) is 7.55. The van der Waals surface area contributed by atoms with Crippen molar-refractivity contribution in [1.82, 2.24) is 19.4 Å². The molecule has 0 radical (unpaired) electrons. The molecule has 2 heterocycles. The predicted octanol–water partition coefficient (Wildman–Crippen LogP) is 3.08. The number of rotatable bonds is 8. The molecule has 2 aromatic heterocycles. The Labute approximate surface area is 121 Å². The highest BCUT2D eigenvalue weighted by molar-refractivity contribution is 5.16. The van der Waals surface area contributed by atoms with Gasteiger partial charge in [-0.05, 0) is 30.5 Å². The van der Waals surface area contributed by atoms with Gasteiger partial charge in [-0.25, -0.2) is 4.98 Å². The third-order valence-electron chi connectivity index (χ3n) is 3.59. The van der Waals surface area contributed by atoms with Gasteiger partial charge in [0.15, 0.2) is 0 Å². The first-order valence-corrected chi connectivity index (χ1v) is 7.55. The molecule has 0 aliphatic heterocycles. The Morgan fingerprint density at radius 3 is 2.65 bits per heavy atom. The van der Waals surface area contributed by atoms with Gasteiger partial charge in [0.2, 0.25) is 0 Å². The Bertz CT molecular complexity index is 484. The molecule has 0 spiro atoms. The summed E-state index contributed by atoms with van der Waals surface area (Å²) in [7, 11) is 0. The minimum atomic E-state index is 0.449. The molecular weight excluding hydrogens is 248 g/mol. The van der Waals surface area contributed by atoms with E-state index in [1.54, 1.807) is 0 Å². The van der Waals surface area contributed by atoms with Gasteiger partial charge in [-0.15, -0.1) is 0 Å². The molecule has 20 heavy (non-hydrogen) atoms. The quantitative estimate of drug-likeness (QED) is 0.803. The van der Waals surface area contributed by atoms with E-state index in [2.05, 4.69) is 58.7 Å². The van der Waals surface area contributed by atoms with Crippen molar-refractivity contribution in [2.24, 2.45) is 5.92 Å². The largest absolute Gasteiger partial charge is 0.352 e. The van der Waals surface area contributed by atoms with Crippen LogP contribution in [0.5, 0.6) is 0 Å². The van der Waals surface area contributed by atoms with Gasteiger partial charge in [-0.1, -0.05) is 20.8 Å². The molecule has 0 amide bonds. The monoisotopic (exact) mass is 274 g/mol. The highest BCUT2D eigenvalue weighted by atomic mass is 15.1. The number of nitrogens with zero attached hydrogens (tertiary/aromatic N) is 3. The maximum absolute atomic E-state index is 4.07. The van der Waals surface area contributed by atoms with Crippen molar-refractivity contribution >= 4 is 0 Å². The summed E-state index contributed by atoms with van der Waals surface area (Å²) >= 11 is 0. The van der Waals surface area contributed by atoms with Crippen molar-refractivity contribution in [2.75, 3.05) is 6.54 Å². The van der Waals surface area contributed by atoms with E-state index in [1.165, 1.54) is 12.0 Å². The maximum Gasteiger partial charge on any atom is 0.0946 e. The average molecular weight is 274 g/mol. The first kappa shape index (κ1) is 14.9. The summed E-state index contributed by atoms with van der Waals surface area (Å²) in [6.07, 6.45) is 11.3. The Hall–Kier alpha value is -1.55. The minimum Gasteiger partial charge on any atom is -0.352 e. The number of aryl methyl sites for hydroxylation is 2. The second-order valence-corrected chi connectivity index (χ2v) is 5.66. The normalized spacial score (nSPS) is 13.0. The molecule has 1 N–H and O–H groups in total. The van der Waals surface area contributed by atoms with E-state index in [9.17, 15) is 0 Å². The minimum absolute atomic E-state index is 0.449. The van der Waals surface area contributed by atoms with E-state index in [1.807, 2.05) is 18.7 Å². The topological polar surface area (TPSA) is 34.8 Å². The Balaban J connectivity index is 1.95. The molecule has 0 bridgehead atoms. The number of hydrogen-bond donors (Lipinski definition) is 1. The number of hydrogen-bond acceptors (Lipinski definition) is 2. The molecule has 4 nitrogen and oxygen atoms in total. The fourth-order valence-electron chi connectivity index (χ4n) is 2.47. The van der Waals surface area contributed by atoms with Gasteiger partial charge < -0.3 is 14.5 Å². The molecule has 1 unspecified atom stereocenters. The SMILES string of the molecule is CCCNC(c1ccn(CCn2ccnc2)c1)C(C)C. The Morgan fingerprint density at radius 2 is 2.00 bits per heavy atom. The second kappa shape index (κ2) is 7.29. The third kappa shape index (κ3) is 3.97. The average Bonchev–Trinajstić information content (AvgIpc) is 3.08. The van der Waals surface area contributed by atoms with Crippen LogP contribution in [0.2, 0.25) is 0 Å². The molecule has 0 aliphatic carbocycles. The first-order chi connectivity index (χ1) is 9.70. The predicted molar refractivity (Wildman–Crippen MR) is 82.5 cm³/mol. The lowest BCUT2D eigenvalue weighted by molar-refractivity contribution is 0.412. The maximum atomic E-state index is 4.07. The van der Waals surface area contributed by atoms with Crippen LogP contribution >= 0.6 is 0 Å². The van der Waals surface area contributed by atoms with Gasteiger partial charge in [0, 0.05) is 43.9 Å². The van der Waals surface area contributed by atoms with Crippen LogP contribution in [0, 0.1) is 5.92 Å². The Kier molecular flexibility index (Phi) is 5.41. The van der Waals surface area contributed by atoms with E-state index in [-0.39, 0.29) is 0 Å². The zero-order valence-electron chi connectivity index (χ0n) is 12.8. The van der Waals surface area contributed by atoms with Crippen LogP contribution in [0.25, 0.3) is 0 Å². The zero-order chi connectivity index (χ0) is 14.4. The smallest absolute Gasteiger partial charge is 0.0946 e. The van der Waals surface area contributed by atoms with Crippen molar-refractivity contribution in [2.45, 2.75) is 46.3 Å². The van der Waals surface area contributed by atoms with E-state index in [4.69, 9.17) is 0 Å². The summed E-state index contributed by atoms with van der Waals surface area (Å²) in [4.78, 5) is 4.07. The number of aromatic nitrogens is 3. The molecular formula is C16H26N4. The molecule has 1 atom stereocenters. The fourth-order valence-corrected chi connectivity index (χ4v) is 2.47. The third-order valence-corrected chi connectivity index (χ3v) is 3.59. The van der Waals surface area contributed by atoms with Crippen molar-refractivity contribution in [3.05, 3.63) is 42.7 Å². The van der Waals surface area contributed by atoms with Gasteiger partial charge in [0.25, 0.3) is 0 Å². The zero-order valence-corrected chi connectivity index (χ0v) is 12.8. The molecule has 110 valence electrons. The van der Waals surface area contributed by atoms with Crippen molar-refractivity contribution in [3.8, 4) is 0 Å². The molecule has 4 heteroatoms. The highest BCUT2D eigenvalue weighted by Crippen LogP contribution is 2.22. The van der Waals surface area contributed by atoms with Gasteiger partial charge in [0.05, 0.1) is 6.33 Å². The van der Waals surface area contributed by atoms with Gasteiger partial charge in [-0.2, -0.15) is 0 Å². The molecule has 0 aliphatic rings. The van der Waals surface area contributed by atoms with Crippen LogP contribution < -0.4 is 5.32 Å². The van der Waals surface area contributed by atoms with E-state index >= 15 is 0 Å². The lowest BCUT2D eigenvalue weighted by Crippen LogP contribution is -2.26. The van der Waals surface area contributed by atoms with Gasteiger partial charge in [0.1, 0.15) is 0 Å². The summed E-state index contributed by atoms with van der Waals surface area (Å²) < 4.78 is 4.37. The second-order valence-electron chi connectivity index (χ2n) is 5.66. The van der Waals surface area contributed by atoms with Crippen LogP contribution in [0.4, 0.5) is 0 Å². The van der Waals surface area contributed by atoms with Gasteiger partial charge >= 0.3 is 0 Å². The summed E-state index contributed by atoms with van der Waals surface area (Å²) in [6, 6.07) is 2.69. The van der Waals surface area contributed by atoms with Crippen LogP contribution in [0.1, 0.15) is 38.8 Å². The fraction of sp³-hybridized carbons (Fsp3) is 0.562.